The van der Waals surface area contributed by atoms with Crippen molar-refractivity contribution >= 4 is 23.5 Å². The monoisotopic (exact) mass is 260 g/mol. The number of aryl methyl sites for hydroxylation is 1. The minimum Gasteiger partial charge on any atom is -0.508 e. The number of anilines is 1. The zero-order valence-electron chi connectivity index (χ0n) is 9.89. The van der Waals surface area contributed by atoms with Gasteiger partial charge in [-0.25, -0.2) is 0 Å². The summed E-state index contributed by atoms with van der Waals surface area (Å²) in [6.07, 6.45) is 1.67. The summed E-state index contributed by atoms with van der Waals surface area (Å²) in [5.74, 6) is 0.241. The number of benzene rings is 2. The van der Waals surface area contributed by atoms with Crippen LogP contribution < -0.4 is 5.43 Å². The van der Waals surface area contributed by atoms with Gasteiger partial charge in [0.2, 0.25) is 0 Å². The van der Waals surface area contributed by atoms with Crippen LogP contribution in [0.5, 0.6) is 5.75 Å². The van der Waals surface area contributed by atoms with Crippen LogP contribution in [0.4, 0.5) is 5.69 Å². The van der Waals surface area contributed by atoms with Crippen LogP contribution in [0.1, 0.15) is 11.1 Å². The molecule has 92 valence electrons. The van der Waals surface area contributed by atoms with Gasteiger partial charge in [-0.05, 0) is 54.4 Å². The lowest BCUT2D eigenvalue weighted by molar-refractivity contribution is 0.475. The predicted molar refractivity (Wildman–Crippen MR) is 75.5 cm³/mol. The van der Waals surface area contributed by atoms with E-state index >= 15 is 0 Å². The van der Waals surface area contributed by atoms with Crippen LogP contribution in [0, 0.1) is 6.92 Å². The molecule has 2 aromatic carbocycles. The number of halogens is 1. The first kappa shape index (κ1) is 12.5. The highest BCUT2D eigenvalue weighted by Crippen LogP contribution is 2.19. The fourth-order valence-corrected chi connectivity index (χ4v) is 1.58. The highest BCUT2D eigenvalue weighted by molar-refractivity contribution is 6.31. The number of hydrogen-bond donors (Lipinski definition) is 2. The minimum absolute atomic E-state index is 0.241. The second-order valence-corrected chi connectivity index (χ2v) is 4.33. The molecule has 0 bridgehead atoms. The van der Waals surface area contributed by atoms with Crippen molar-refractivity contribution in [1.82, 2.24) is 0 Å². The summed E-state index contributed by atoms with van der Waals surface area (Å²) in [6.45, 7) is 1.95. The molecule has 2 rings (SSSR count). The van der Waals surface area contributed by atoms with E-state index in [1.54, 1.807) is 30.5 Å². The van der Waals surface area contributed by atoms with Gasteiger partial charge in [-0.2, -0.15) is 5.10 Å². The van der Waals surface area contributed by atoms with Crippen molar-refractivity contribution in [3.63, 3.8) is 0 Å². The van der Waals surface area contributed by atoms with Crippen LogP contribution in [0.15, 0.2) is 47.6 Å². The van der Waals surface area contributed by atoms with Crippen LogP contribution in [0.2, 0.25) is 5.02 Å². The Balaban J connectivity index is 2.02. The third-order valence-corrected chi connectivity index (χ3v) is 2.88. The molecule has 0 atom stereocenters. The summed E-state index contributed by atoms with van der Waals surface area (Å²) in [4.78, 5) is 0. The number of hydrazone groups is 1. The first-order valence-corrected chi connectivity index (χ1v) is 5.87. The van der Waals surface area contributed by atoms with Crippen LogP contribution in [-0.2, 0) is 0 Å². The average Bonchev–Trinajstić information content (AvgIpc) is 2.36. The third-order valence-electron chi connectivity index (χ3n) is 2.47. The van der Waals surface area contributed by atoms with E-state index in [-0.39, 0.29) is 5.75 Å². The molecule has 0 amide bonds. The SMILES string of the molecule is Cc1ccc(NN=Cc2ccc(O)cc2)cc1Cl. The van der Waals surface area contributed by atoms with Gasteiger partial charge in [-0.3, -0.25) is 5.43 Å². The first-order chi connectivity index (χ1) is 8.65. The lowest BCUT2D eigenvalue weighted by Crippen LogP contribution is -1.90. The average molecular weight is 261 g/mol. The molecule has 0 saturated heterocycles. The quantitative estimate of drug-likeness (QED) is 0.651. The van der Waals surface area contributed by atoms with Gasteiger partial charge in [-0.15, -0.1) is 0 Å². The van der Waals surface area contributed by atoms with E-state index in [1.165, 1.54) is 0 Å². The van der Waals surface area contributed by atoms with E-state index < -0.39 is 0 Å². The topological polar surface area (TPSA) is 44.6 Å². The second-order valence-electron chi connectivity index (χ2n) is 3.93. The Morgan fingerprint density at radius 1 is 1.17 bits per heavy atom. The molecule has 2 aromatic rings. The molecule has 0 spiro atoms. The van der Waals surface area contributed by atoms with Crippen molar-refractivity contribution in [1.29, 1.82) is 0 Å². The van der Waals surface area contributed by atoms with E-state index in [2.05, 4.69) is 10.5 Å². The Morgan fingerprint density at radius 2 is 1.89 bits per heavy atom. The Bertz CT molecular complexity index is 565. The Morgan fingerprint density at radius 3 is 2.56 bits per heavy atom. The number of rotatable bonds is 3. The zero-order valence-corrected chi connectivity index (χ0v) is 10.6. The van der Waals surface area contributed by atoms with Crippen molar-refractivity contribution in [2.45, 2.75) is 6.92 Å². The smallest absolute Gasteiger partial charge is 0.115 e. The summed E-state index contributed by atoms with van der Waals surface area (Å²) in [5.41, 5.74) is 5.67. The fourth-order valence-electron chi connectivity index (χ4n) is 1.40. The molecule has 2 N–H and O–H groups in total. The molecule has 0 heterocycles. The Kier molecular flexibility index (Phi) is 3.85. The third kappa shape index (κ3) is 3.25. The number of hydrogen-bond acceptors (Lipinski definition) is 3. The Labute approximate surface area is 111 Å². The van der Waals surface area contributed by atoms with E-state index in [9.17, 15) is 0 Å². The van der Waals surface area contributed by atoms with E-state index in [0.29, 0.717) is 5.02 Å². The summed E-state index contributed by atoms with van der Waals surface area (Å²) in [7, 11) is 0. The molecule has 18 heavy (non-hydrogen) atoms. The van der Waals surface area contributed by atoms with Crippen molar-refractivity contribution in [3.8, 4) is 5.75 Å². The largest absolute Gasteiger partial charge is 0.508 e. The fraction of sp³-hybridized carbons (Fsp3) is 0.0714. The molecule has 0 aromatic heterocycles. The molecule has 0 saturated carbocycles. The van der Waals surface area contributed by atoms with Crippen molar-refractivity contribution < 1.29 is 5.11 Å². The Hall–Kier alpha value is -2.00. The van der Waals surface area contributed by atoms with Gasteiger partial charge in [0, 0.05) is 5.02 Å². The maximum atomic E-state index is 9.14. The van der Waals surface area contributed by atoms with Gasteiger partial charge in [0.05, 0.1) is 11.9 Å². The van der Waals surface area contributed by atoms with Crippen molar-refractivity contribution in [2.24, 2.45) is 5.10 Å². The van der Waals surface area contributed by atoms with Gasteiger partial charge < -0.3 is 5.11 Å². The summed E-state index contributed by atoms with van der Waals surface area (Å²) in [5, 5.41) is 13.9. The number of aromatic hydroxyl groups is 1. The number of nitrogens with one attached hydrogen (secondary N) is 1. The molecular formula is C14H13ClN2O. The van der Waals surface area contributed by atoms with Crippen molar-refractivity contribution in [3.05, 3.63) is 58.6 Å². The van der Waals surface area contributed by atoms with Gasteiger partial charge in [0.25, 0.3) is 0 Å². The van der Waals surface area contributed by atoms with Gasteiger partial charge >= 0.3 is 0 Å². The minimum atomic E-state index is 0.241. The van der Waals surface area contributed by atoms with Crippen molar-refractivity contribution in [2.75, 3.05) is 5.43 Å². The molecule has 0 radical (unpaired) electrons. The second kappa shape index (κ2) is 5.56. The predicted octanol–water partition coefficient (Wildman–Crippen LogP) is 3.80. The maximum Gasteiger partial charge on any atom is 0.115 e. The van der Waals surface area contributed by atoms with Gasteiger partial charge in [-0.1, -0.05) is 17.7 Å². The van der Waals surface area contributed by atoms with Crippen LogP contribution >= 0.6 is 11.6 Å². The van der Waals surface area contributed by atoms with Crippen LogP contribution in [0.25, 0.3) is 0 Å². The van der Waals surface area contributed by atoms with Gasteiger partial charge in [0.1, 0.15) is 5.75 Å². The number of nitrogens with zero attached hydrogens (tertiary/aromatic N) is 1. The molecule has 3 nitrogen and oxygen atoms in total. The summed E-state index contributed by atoms with van der Waals surface area (Å²) >= 11 is 6.01. The molecule has 0 aliphatic carbocycles. The maximum absolute atomic E-state index is 9.14. The lowest BCUT2D eigenvalue weighted by Gasteiger charge is -2.02. The highest BCUT2D eigenvalue weighted by atomic mass is 35.5. The normalized spacial score (nSPS) is 10.8. The summed E-state index contributed by atoms with van der Waals surface area (Å²) in [6, 6.07) is 12.5. The number of phenolic OH excluding ortho intramolecular Hbond substituents is 1. The van der Waals surface area contributed by atoms with Gasteiger partial charge in [0.15, 0.2) is 0 Å². The standard InChI is InChI=1S/C14H13ClN2O/c1-10-2-5-12(8-14(10)15)17-16-9-11-3-6-13(18)7-4-11/h2-9,17-18H,1H3. The molecule has 0 aliphatic heterocycles. The summed E-state index contributed by atoms with van der Waals surface area (Å²) < 4.78 is 0. The highest BCUT2D eigenvalue weighted by Gasteiger charge is 1.96. The number of phenols is 1. The van der Waals surface area contributed by atoms with E-state index in [0.717, 1.165) is 16.8 Å². The molecular weight excluding hydrogens is 248 g/mol. The van der Waals surface area contributed by atoms with E-state index in [1.807, 2.05) is 25.1 Å². The molecule has 4 heteroatoms. The first-order valence-electron chi connectivity index (χ1n) is 5.49. The van der Waals surface area contributed by atoms with Crippen LogP contribution in [-0.4, -0.2) is 11.3 Å². The zero-order chi connectivity index (χ0) is 13.0. The lowest BCUT2D eigenvalue weighted by atomic mass is 10.2. The van der Waals surface area contributed by atoms with E-state index in [4.69, 9.17) is 16.7 Å². The molecule has 0 fully saturated rings. The van der Waals surface area contributed by atoms with Crippen LogP contribution in [0.3, 0.4) is 0 Å². The molecule has 0 aliphatic rings. The molecule has 0 unspecified atom stereocenters.